The highest BCUT2D eigenvalue weighted by molar-refractivity contribution is 6.01. The summed E-state index contributed by atoms with van der Waals surface area (Å²) in [5.74, 6) is -0.677. The molecule has 1 aliphatic rings. The molecule has 0 saturated heterocycles. The minimum absolute atomic E-state index is 0.109. The van der Waals surface area contributed by atoms with Crippen molar-refractivity contribution in [2.75, 3.05) is 5.32 Å². The molecule has 8 nitrogen and oxygen atoms in total. The summed E-state index contributed by atoms with van der Waals surface area (Å²) in [5.41, 5.74) is 5.40. The Morgan fingerprint density at radius 1 is 1.06 bits per heavy atom. The Morgan fingerprint density at radius 3 is 2.56 bits per heavy atom. The van der Waals surface area contributed by atoms with Crippen LogP contribution in [0.5, 0.6) is 0 Å². The highest BCUT2D eigenvalue weighted by Gasteiger charge is 2.36. The van der Waals surface area contributed by atoms with Gasteiger partial charge in [-0.2, -0.15) is 5.10 Å². The van der Waals surface area contributed by atoms with Crippen molar-refractivity contribution in [2.45, 2.75) is 24.8 Å². The third-order valence-corrected chi connectivity index (χ3v) is 6.47. The zero-order valence-electron chi connectivity index (χ0n) is 19.1. The number of amides is 2. The Labute approximate surface area is 197 Å². The molecule has 172 valence electrons. The lowest BCUT2D eigenvalue weighted by molar-refractivity contribution is -0.118. The van der Waals surface area contributed by atoms with E-state index in [9.17, 15) is 9.59 Å². The zero-order chi connectivity index (χ0) is 23.7. The topological polar surface area (TPSA) is 93.8 Å². The number of hydrogen-bond acceptors (Lipinski definition) is 4. The van der Waals surface area contributed by atoms with Gasteiger partial charge in [0.05, 0.1) is 18.2 Å². The van der Waals surface area contributed by atoms with E-state index in [0.717, 1.165) is 29.7 Å². The van der Waals surface area contributed by atoms with E-state index < -0.39 is 6.04 Å². The lowest BCUT2D eigenvalue weighted by Gasteiger charge is -2.25. The van der Waals surface area contributed by atoms with Crippen LogP contribution in [0.15, 0.2) is 73.3 Å². The van der Waals surface area contributed by atoms with Crippen LogP contribution in [0.4, 0.5) is 5.69 Å². The largest absolute Gasteiger partial charge is 0.338 e. The number of benzene rings is 2. The maximum atomic E-state index is 13.5. The lowest BCUT2D eigenvalue weighted by Crippen LogP contribution is -2.47. The van der Waals surface area contributed by atoms with Crippen molar-refractivity contribution in [3.63, 3.8) is 0 Å². The lowest BCUT2D eigenvalue weighted by atomic mass is 9.92. The second-order valence-electron chi connectivity index (χ2n) is 8.59. The van der Waals surface area contributed by atoms with Gasteiger partial charge in [-0.1, -0.05) is 36.4 Å². The number of rotatable bonds is 6. The van der Waals surface area contributed by atoms with Gasteiger partial charge in [-0.05, 0) is 47.7 Å². The van der Waals surface area contributed by atoms with Crippen molar-refractivity contribution in [3.05, 3.63) is 90.1 Å². The molecule has 2 atom stereocenters. The Bertz CT molecular complexity index is 1340. The van der Waals surface area contributed by atoms with E-state index in [1.165, 1.54) is 10.2 Å². The van der Waals surface area contributed by atoms with Crippen molar-refractivity contribution in [1.82, 2.24) is 24.6 Å². The number of fused-ring (bicyclic) bond motifs is 1. The first-order valence-corrected chi connectivity index (χ1v) is 11.3. The number of imidazole rings is 1. The molecule has 0 bridgehead atoms. The van der Waals surface area contributed by atoms with Crippen LogP contribution in [0.3, 0.4) is 0 Å². The number of hydrogen-bond donors (Lipinski definition) is 2. The minimum atomic E-state index is -0.720. The SMILES string of the molecule is Cn1cncc1-c1ccc(NC(=O)[C@@H](NC(=O)c2ccnn2C)[C@@H]2CCc3ccccc32)cc1. The van der Waals surface area contributed by atoms with Crippen LogP contribution >= 0.6 is 0 Å². The van der Waals surface area contributed by atoms with Crippen LogP contribution in [0.1, 0.15) is 34.0 Å². The number of nitrogens with one attached hydrogen (secondary N) is 2. The molecular formula is C26H26N6O2. The molecule has 2 amide bonds. The van der Waals surface area contributed by atoms with E-state index in [0.29, 0.717) is 11.4 Å². The number of carbonyl (C=O) groups excluding carboxylic acids is 2. The summed E-state index contributed by atoms with van der Waals surface area (Å²) >= 11 is 0. The van der Waals surface area contributed by atoms with Gasteiger partial charge in [-0.3, -0.25) is 14.3 Å². The second kappa shape index (κ2) is 8.97. The molecule has 2 aromatic heterocycles. The first-order valence-electron chi connectivity index (χ1n) is 11.3. The van der Waals surface area contributed by atoms with Gasteiger partial charge in [0, 0.05) is 31.9 Å². The molecule has 8 heteroatoms. The summed E-state index contributed by atoms with van der Waals surface area (Å²) in [5, 5.41) is 10.1. The van der Waals surface area contributed by atoms with Crippen LogP contribution < -0.4 is 10.6 Å². The van der Waals surface area contributed by atoms with Gasteiger partial charge in [-0.15, -0.1) is 0 Å². The number of carbonyl (C=O) groups is 2. The minimum Gasteiger partial charge on any atom is -0.338 e. The van der Waals surface area contributed by atoms with E-state index in [1.807, 2.05) is 54.1 Å². The average molecular weight is 455 g/mol. The van der Waals surface area contributed by atoms with Crippen molar-refractivity contribution in [1.29, 1.82) is 0 Å². The van der Waals surface area contributed by atoms with E-state index in [2.05, 4.69) is 26.8 Å². The van der Waals surface area contributed by atoms with Crippen LogP contribution in [-0.4, -0.2) is 37.2 Å². The number of aromatic nitrogens is 4. The number of nitrogens with zero attached hydrogens (tertiary/aromatic N) is 4. The fourth-order valence-electron chi connectivity index (χ4n) is 4.68. The Hall–Kier alpha value is -4.20. The normalized spacial score (nSPS) is 15.5. The van der Waals surface area contributed by atoms with Gasteiger partial charge in [0.25, 0.3) is 5.91 Å². The third-order valence-electron chi connectivity index (χ3n) is 6.47. The predicted molar refractivity (Wildman–Crippen MR) is 129 cm³/mol. The monoisotopic (exact) mass is 454 g/mol. The molecule has 0 radical (unpaired) electrons. The molecule has 5 rings (SSSR count). The van der Waals surface area contributed by atoms with Gasteiger partial charge < -0.3 is 15.2 Å². The highest BCUT2D eigenvalue weighted by atomic mass is 16.2. The third kappa shape index (κ3) is 4.10. The van der Waals surface area contributed by atoms with E-state index in [4.69, 9.17) is 0 Å². The summed E-state index contributed by atoms with van der Waals surface area (Å²) in [6, 6.07) is 16.7. The summed E-state index contributed by atoms with van der Waals surface area (Å²) in [6.45, 7) is 0. The van der Waals surface area contributed by atoms with Crippen molar-refractivity contribution in [2.24, 2.45) is 14.1 Å². The molecule has 1 aliphatic carbocycles. The Morgan fingerprint density at radius 2 is 1.85 bits per heavy atom. The van der Waals surface area contributed by atoms with Gasteiger partial charge in [0.2, 0.25) is 5.91 Å². The Kier molecular flexibility index (Phi) is 5.71. The molecule has 0 saturated carbocycles. The van der Waals surface area contributed by atoms with Gasteiger partial charge in [0.1, 0.15) is 11.7 Å². The van der Waals surface area contributed by atoms with Crippen molar-refractivity contribution in [3.8, 4) is 11.3 Å². The molecule has 0 aliphatic heterocycles. The smallest absolute Gasteiger partial charge is 0.270 e. The molecule has 2 heterocycles. The van der Waals surface area contributed by atoms with E-state index >= 15 is 0 Å². The second-order valence-corrected chi connectivity index (χ2v) is 8.59. The van der Waals surface area contributed by atoms with E-state index in [1.54, 1.807) is 31.8 Å². The van der Waals surface area contributed by atoms with Gasteiger partial charge >= 0.3 is 0 Å². The number of aryl methyl sites for hydroxylation is 3. The molecule has 34 heavy (non-hydrogen) atoms. The van der Waals surface area contributed by atoms with Crippen molar-refractivity contribution >= 4 is 17.5 Å². The molecule has 0 unspecified atom stereocenters. The molecule has 4 aromatic rings. The average Bonchev–Trinajstić information content (AvgIpc) is 3.57. The molecule has 0 fully saturated rings. The fraction of sp³-hybridized carbons (Fsp3) is 0.231. The first kappa shape index (κ1) is 21.6. The van der Waals surface area contributed by atoms with Crippen LogP contribution in [0, 0.1) is 0 Å². The predicted octanol–water partition coefficient (Wildman–Crippen LogP) is 3.29. The van der Waals surface area contributed by atoms with Gasteiger partial charge in [0.15, 0.2) is 0 Å². The summed E-state index contributed by atoms with van der Waals surface area (Å²) in [7, 11) is 3.64. The van der Waals surface area contributed by atoms with Gasteiger partial charge in [-0.25, -0.2) is 4.98 Å². The maximum Gasteiger partial charge on any atom is 0.270 e. The van der Waals surface area contributed by atoms with E-state index in [-0.39, 0.29) is 17.7 Å². The Balaban J connectivity index is 1.39. The van der Waals surface area contributed by atoms with Crippen molar-refractivity contribution < 1.29 is 9.59 Å². The molecule has 2 aromatic carbocycles. The summed E-state index contributed by atoms with van der Waals surface area (Å²) in [6.07, 6.45) is 6.79. The molecule has 0 spiro atoms. The zero-order valence-corrected chi connectivity index (χ0v) is 19.1. The summed E-state index contributed by atoms with van der Waals surface area (Å²) < 4.78 is 3.44. The number of anilines is 1. The fourth-order valence-corrected chi connectivity index (χ4v) is 4.68. The highest BCUT2D eigenvalue weighted by Crippen LogP contribution is 2.36. The standard InChI is InChI=1S/C26H26N6O2/c1-31-16-27-15-23(31)18-7-10-19(11-8-18)29-26(34)24(30-25(33)22-13-14-28-32(22)2)21-12-9-17-5-3-4-6-20(17)21/h3-8,10-11,13-16,21,24H,9,12H2,1-2H3,(H,29,34)(H,30,33)/t21-,24+/m1/s1. The molecule has 2 N–H and O–H groups in total. The first-order chi connectivity index (χ1) is 16.5. The summed E-state index contributed by atoms with van der Waals surface area (Å²) in [4.78, 5) is 30.7. The maximum absolute atomic E-state index is 13.5. The quantitative estimate of drug-likeness (QED) is 0.468. The molecular weight excluding hydrogens is 428 g/mol. The van der Waals surface area contributed by atoms with Crippen LogP contribution in [-0.2, 0) is 25.3 Å². The van der Waals surface area contributed by atoms with Crippen LogP contribution in [0.2, 0.25) is 0 Å². The van der Waals surface area contributed by atoms with Crippen LogP contribution in [0.25, 0.3) is 11.3 Å².